The van der Waals surface area contributed by atoms with Crippen molar-refractivity contribution in [3.63, 3.8) is 0 Å². The highest BCUT2D eigenvalue weighted by Crippen LogP contribution is 2.26. The van der Waals surface area contributed by atoms with Crippen molar-refractivity contribution in [3.05, 3.63) is 18.0 Å². The molecule has 0 aromatic carbocycles. The lowest BCUT2D eigenvalue weighted by molar-refractivity contribution is 0.0491. The van der Waals surface area contributed by atoms with E-state index in [2.05, 4.69) is 10.4 Å². The molecule has 4 nitrogen and oxygen atoms in total. The Bertz CT molecular complexity index is 289. The summed E-state index contributed by atoms with van der Waals surface area (Å²) in [5.74, 6) is 0. The predicted octanol–water partition coefficient (Wildman–Crippen LogP) is 0.0839. The van der Waals surface area contributed by atoms with E-state index in [0.717, 1.165) is 25.2 Å². The third-order valence-corrected chi connectivity index (χ3v) is 2.63. The normalized spacial score (nSPS) is 28.2. The maximum Gasteiger partial charge on any atom is 0.120 e. The minimum absolute atomic E-state index is 0.638. The summed E-state index contributed by atoms with van der Waals surface area (Å²) in [4.78, 5) is 0. The first kappa shape index (κ1) is 8.72. The largest absolute Gasteiger partial charge is 0.382 e. The van der Waals surface area contributed by atoms with Crippen LogP contribution < -0.4 is 5.32 Å². The Hall–Kier alpha value is -0.870. The Morgan fingerprint density at radius 2 is 2.62 bits per heavy atom. The average molecular weight is 181 g/mol. The van der Waals surface area contributed by atoms with Crippen molar-refractivity contribution in [3.8, 4) is 0 Å². The number of nitrogens with one attached hydrogen (secondary N) is 1. The number of nitrogens with zero attached hydrogens (tertiary/aromatic N) is 2. The molecule has 0 amide bonds. The van der Waals surface area contributed by atoms with Gasteiger partial charge in [-0.1, -0.05) is 0 Å². The number of hydrogen-bond donors (Lipinski definition) is 2. The topological polar surface area (TPSA) is 50.1 Å². The molecule has 1 aromatic rings. The lowest BCUT2D eigenvalue weighted by atomic mass is 9.99. The highest BCUT2D eigenvalue weighted by Gasteiger charge is 2.35. The maximum absolute atomic E-state index is 10.2. The summed E-state index contributed by atoms with van der Waals surface area (Å²) in [5.41, 5.74) is 0.229. The molecule has 72 valence electrons. The zero-order valence-electron chi connectivity index (χ0n) is 7.82. The van der Waals surface area contributed by atoms with Crippen molar-refractivity contribution in [2.45, 2.75) is 25.5 Å². The molecule has 1 aliphatic rings. The van der Waals surface area contributed by atoms with Gasteiger partial charge in [-0.25, -0.2) is 0 Å². The zero-order chi connectivity index (χ0) is 9.31. The van der Waals surface area contributed by atoms with Crippen molar-refractivity contribution in [2.24, 2.45) is 0 Å². The van der Waals surface area contributed by atoms with Crippen LogP contribution >= 0.6 is 0 Å². The van der Waals surface area contributed by atoms with Crippen LogP contribution in [0.5, 0.6) is 0 Å². The van der Waals surface area contributed by atoms with Gasteiger partial charge in [-0.05, 0) is 26.0 Å². The molecule has 1 saturated heterocycles. The molecule has 0 spiro atoms. The second kappa shape index (κ2) is 3.12. The third kappa shape index (κ3) is 1.36. The average Bonchev–Trinajstić information content (AvgIpc) is 2.72. The Kier molecular flexibility index (Phi) is 2.09. The van der Waals surface area contributed by atoms with Crippen molar-refractivity contribution in [1.29, 1.82) is 0 Å². The van der Waals surface area contributed by atoms with Gasteiger partial charge in [-0.15, -0.1) is 0 Å². The van der Waals surface area contributed by atoms with E-state index < -0.39 is 5.60 Å². The number of hydrogen-bond acceptors (Lipinski definition) is 3. The highest BCUT2D eigenvalue weighted by atomic mass is 16.3. The Morgan fingerprint density at radius 3 is 3.23 bits per heavy atom. The third-order valence-electron chi connectivity index (χ3n) is 2.63. The molecular weight excluding hydrogens is 166 g/mol. The summed E-state index contributed by atoms with van der Waals surface area (Å²) in [7, 11) is 0. The van der Waals surface area contributed by atoms with Crippen molar-refractivity contribution in [2.75, 3.05) is 13.1 Å². The van der Waals surface area contributed by atoms with Crippen molar-refractivity contribution in [1.82, 2.24) is 15.1 Å². The van der Waals surface area contributed by atoms with Crippen LogP contribution in [0.1, 0.15) is 19.0 Å². The lowest BCUT2D eigenvalue weighted by Gasteiger charge is -2.21. The van der Waals surface area contributed by atoms with E-state index in [0.29, 0.717) is 6.54 Å². The number of aromatic nitrogens is 2. The summed E-state index contributed by atoms with van der Waals surface area (Å²) < 4.78 is 1.85. The Labute approximate surface area is 77.6 Å². The number of rotatable bonds is 2. The van der Waals surface area contributed by atoms with Crippen LogP contribution in [-0.4, -0.2) is 28.0 Å². The molecule has 2 heterocycles. The SMILES string of the molecule is CCn1nccc1C1(O)CCNC1. The van der Waals surface area contributed by atoms with Gasteiger partial charge >= 0.3 is 0 Å². The minimum Gasteiger partial charge on any atom is -0.382 e. The van der Waals surface area contributed by atoms with Gasteiger partial charge in [-0.3, -0.25) is 4.68 Å². The molecule has 1 aromatic heterocycles. The smallest absolute Gasteiger partial charge is 0.120 e. The van der Waals surface area contributed by atoms with E-state index in [4.69, 9.17) is 0 Å². The van der Waals surface area contributed by atoms with E-state index >= 15 is 0 Å². The molecule has 13 heavy (non-hydrogen) atoms. The first-order chi connectivity index (χ1) is 6.26. The molecule has 2 rings (SSSR count). The van der Waals surface area contributed by atoms with Gasteiger partial charge in [0.15, 0.2) is 0 Å². The van der Waals surface area contributed by atoms with Gasteiger partial charge in [0, 0.05) is 19.3 Å². The van der Waals surface area contributed by atoms with Gasteiger partial charge in [0.2, 0.25) is 0 Å². The molecule has 0 radical (unpaired) electrons. The van der Waals surface area contributed by atoms with Crippen LogP contribution in [0.4, 0.5) is 0 Å². The molecule has 1 fully saturated rings. The van der Waals surface area contributed by atoms with Crippen LogP contribution in [0.3, 0.4) is 0 Å². The van der Waals surface area contributed by atoms with Crippen LogP contribution in [0.25, 0.3) is 0 Å². The van der Waals surface area contributed by atoms with Crippen LogP contribution in [0.15, 0.2) is 12.3 Å². The summed E-state index contributed by atoms with van der Waals surface area (Å²) in [6.07, 6.45) is 2.52. The first-order valence-electron chi connectivity index (χ1n) is 4.71. The van der Waals surface area contributed by atoms with Gasteiger partial charge < -0.3 is 10.4 Å². The second-order valence-corrected chi connectivity index (χ2v) is 3.49. The highest BCUT2D eigenvalue weighted by molar-refractivity contribution is 5.14. The van der Waals surface area contributed by atoms with Gasteiger partial charge in [0.1, 0.15) is 5.60 Å². The Morgan fingerprint density at radius 1 is 1.77 bits per heavy atom. The van der Waals surface area contributed by atoms with Crippen molar-refractivity contribution < 1.29 is 5.11 Å². The summed E-state index contributed by atoms with van der Waals surface area (Å²) in [5, 5.41) is 17.6. The van der Waals surface area contributed by atoms with Gasteiger partial charge in [-0.2, -0.15) is 5.10 Å². The van der Waals surface area contributed by atoms with Gasteiger partial charge in [0.05, 0.1) is 5.69 Å². The molecule has 0 aliphatic carbocycles. The molecule has 4 heteroatoms. The minimum atomic E-state index is -0.702. The fourth-order valence-corrected chi connectivity index (χ4v) is 1.88. The van der Waals surface area contributed by atoms with Crippen LogP contribution in [-0.2, 0) is 12.1 Å². The van der Waals surface area contributed by atoms with Crippen LogP contribution in [0.2, 0.25) is 0 Å². The quantitative estimate of drug-likeness (QED) is 0.679. The fourth-order valence-electron chi connectivity index (χ4n) is 1.88. The summed E-state index contributed by atoms with van der Waals surface area (Å²) in [6.45, 7) is 4.36. The zero-order valence-corrected chi connectivity index (χ0v) is 7.82. The van der Waals surface area contributed by atoms with E-state index in [1.807, 2.05) is 17.7 Å². The van der Waals surface area contributed by atoms with Crippen molar-refractivity contribution >= 4 is 0 Å². The molecule has 1 atom stereocenters. The van der Waals surface area contributed by atoms with E-state index in [-0.39, 0.29) is 0 Å². The molecule has 1 unspecified atom stereocenters. The van der Waals surface area contributed by atoms with Crippen LogP contribution in [0, 0.1) is 0 Å². The molecule has 0 saturated carbocycles. The standard InChI is InChI=1S/C9H15N3O/c1-2-12-8(3-5-11-12)9(13)4-6-10-7-9/h3,5,10,13H,2,4,6-7H2,1H3. The number of aliphatic hydroxyl groups is 1. The van der Waals surface area contributed by atoms with E-state index in [9.17, 15) is 5.11 Å². The second-order valence-electron chi connectivity index (χ2n) is 3.49. The summed E-state index contributed by atoms with van der Waals surface area (Å²) in [6, 6.07) is 1.90. The summed E-state index contributed by atoms with van der Waals surface area (Å²) >= 11 is 0. The fraction of sp³-hybridized carbons (Fsp3) is 0.667. The molecule has 0 bridgehead atoms. The van der Waals surface area contributed by atoms with E-state index in [1.54, 1.807) is 6.20 Å². The Balaban J connectivity index is 2.32. The molecule has 1 aliphatic heterocycles. The number of aryl methyl sites for hydroxylation is 1. The first-order valence-corrected chi connectivity index (χ1v) is 4.71. The number of β-amino-alcohol motifs (C(OH)–C–C–N with tert-alkyl or cyclic N) is 1. The molecular formula is C9H15N3O. The monoisotopic (exact) mass is 181 g/mol. The molecule has 2 N–H and O–H groups in total. The maximum atomic E-state index is 10.2. The lowest BCUT2D eigenvalue weighted by Crippen LogP contribution is -2.31. The van der Waals surface area contributed by atoms with E-state index in [1.165, 1.54) is 0 Å². The van der Waals surface area contributed by atoms with Gasteiger partial charge in [0.25, 0.3) is 0 Å². The predicted molar refractivity (Wildman–Crippen MR) is 49.3 cm³/mol.